The molecular weight excluding hydrogens is 366 g/mol. The van der Waals surface area contributed by atoms with Gasteiger partial charge in [-0.15, -0.1) is 11.3 Å². The number of hydrogen-bond acceptors (Lipinski definition) is 5. The molecule has 1 N–H and O–H groups in total. The van der Waals surface area contributed by atoms with E-state index in [2.05, 4.69) is 71.7 Å². The molecule has 0 aliphatic rings. The van der Waals surface area contributed by atoms with Gasteiger partial charge in [0.1, 0.15) is 17.7 Å². The third kappa shape index (κ3) is 3.92. The maximum Gasteiger partial charge on any atom is 0.137 e. The monoisotopic (exact) mass is 391 g/mol. The first kappa shape index (κ1) is 18.6. The molecule has 2 aromatic heterocycles. The molecule has 4 aromatic rings. The molecule has 2 aromatic carbocycles. The van der Waals surface area contributed by atoms with Crippen LogP contribution < -0.4 is 5.32 Å². The molecule has 5 nitrogen and oxygen atoms in total. The minimum Gasteiger partial charge on any atom is -0.379 e. The number of thiazole rings is 1. The molecule has 4 rings (SSSR count). The summed E-state index contributed by atoms with van der Waals surface area (Å²) in [5.41, 5.74) is 3.44. The summed E-state index contributed by atoms with van der Waals surface area (Å²) in [5.74, 6) is 0.531. The van der Waals surface area contributed by atoms with Crippen molar-refractivity contribution in [2.45, 2.75) is 39.3 Å². The average molecular weight is 392 g/mol. The van der Waals surface area contributed by atoms with Crippen LogP contribution in [-0.4, -0.2) is 19.7 Å². The predicted molar refractivity (Wildman–Crippen MR) is 116 cm³/mol. The summed E-state index contributed by atoms with van der Waals surface area (Å²) in [6, 6.07) is 17.2. The Labute approximate surface area is 169 Å². The van der Waals surface area contributed by atoms with Crippen molar-refractivity contribution in [1.82, 2.24) is 19.7 Å². The molecule has 0 amide bonds. The van der Waals surface area contributed by atoms with Crippen LogP contribution in [0.25, 0.3) is 10.2 Å². The topological polar surface area (TPSA) is 55.6 Å². The summed E-state index contributed by atoms with van der Waals surface area (Å²) in [4.78, 5) is 8.84. The Morgan fingerprint density at radius 1 is 1.04 bits per heavy atom. The first-order valence-corrected chi connectivity index (χ1v) is 10.6. The van der Waals surface area contributed by atoms with Crippen LogP contribution in [0.15, 0.2) is 61.2 Å². The lowest BCUT2D eigenvalue weighted by molar-refractivity contribution is 0.332. The lowest BCUT2D eigenvalue weighted by Crippen LogP contribution is -2.20. The molecule has 0 spiro atoms. The molecule has 1 atom stereocenters. The number of rotatable bonds is 8. The normalized spacial score (nSPS) is 12.5. The van der Waals surface area contributed by atoms with Crippen molar-refractivity contribution in [3.8, 4) is 0 Å². The van der Waals surface area contributed by atoms with E-state index in [1.165, 1.54) is 10.3 Å². The maximum absolute atomic E-state index is 4.69. The Balaban J connectivity index is 1.49. The fourth-order valence-corrected chi connectivity index (χ4v) is 4.62. The Morgan fingerprint density at radius 2 is 1.82 bits per heavy atom. The highest BCUT2D eigenvalue weighted by atomic mass is 32.1. The van der Waals surface area contributed by atoms with Gasteiger partial charge in [0.25, 0.3) is 0 Å². The quantitative estimate of drug-likeness (QED) is 0.429. The summed E-state index contributed by atoms with van der Waals surface area (Å²) in [6.07, 6.45) is 5.66. The molecule has 2 heterocycles. The van der Waals surface area contributed by atoms with Gasteiger partial charge in [-0.3, -0.25) is 0 Å². The second kappa shape index (κ2) is 8.52. The standard InChI is InChI=1S/C22H25N5S/c1-3-16(4-2)22(27-15-23-14-25-27)17-9-11-18(12-10-17)24-13-21-26-19-7-5-6-8-20(19)28-21/h5-12,14-16,22,24H,3-4,13H2,1-2H3. The molecule has 0 radical (unpaired) electrons. The van der Waals surface area contributed by atoms with Crippen molar-refractivity contribution in [3.63, 3.8) is 0 Å². The van der Waals surface area contributed by atoms with Crippen LogP contribution in [0.3, 0.4) is 0 Å². The van der Waals surface area contributed by atoms with Crippen molar-refractivity contribution in [3.05, 3.63) is 71.8 Å². The van der Waals surface area contributed by atoms with Crippen molar-refractivity contribution in [2.75, 3.05) is 5.32 Å². The van der Waals surface area contributed by atoms with Crippen LogP contribution >= 0.6 is 11.3 Å². The van der Waals surface area contributed by atoms with E-state index in [1.807, 2.05) is 17.1 Å². The minimum absolute atomic E-state index is 0.218. The van der Waals surface area contributed by atoms with E-state index in [-0.39, 0.29) is 6.04 Å². The first-order valence-electron chi connectivity index (χ1n) is 9.80. The molecular formula is C22H25N5S. The van der Waals surface area contributed by atoms with Gasteiger partial charge in [0.15, 0.2) is 0 Å². The van der Waals surface area contributed by atoms with Crippen molar-refractivity contribution >= 4 is 27.2 Å². The molecule has 144 valence electrons. The highest BCUT2D eigenvalue weighted by Crippen LogP contribution is 2.31. The van der Waals surface area contributed by atoms with E-state index >= 15 is 0 Å². The van der Waals surface area contributed by atoms with Gasteiger partial charge in [-0.25, -0.2) is 14.6 Å². The summed E-state index contributed by atoms with van der Waals surface area (Å²) in [5, 5.41) is 9.00. The second-order valence-electron chi connectivity index (χ2n) is 6.95. The molecule has 1 unspecified atom stereocenters. The lowest BCUT2D eigenvalue weighted by atomic mass is 9.89. The third-order valence-corrected chi connectivity index (χ3v) is 6.29. The van der Waals surface area contributed by atoms with Crippen LogP contribution in [0.2, 0.25) is 0 Å². The van der Waals surface area contributed by atoms with Gasteiger partial charge in [0, 0.05) is 5.69 Å². The number of para-hydroxylation sites is 1. The summed E-state index contributed by atoms with van der Waals surface area (Å²) in [6.45, 7) is 5.22. The van der Waals surface area contributed by atoms with Crippen molar-refractivity contribution < 1.29 is 0 Å². The number of aromatic nitrogens is 4. The van der Waals surface area contributed by atoms with Crippen LogP contribution in [0, 0.1) is 5.92 Å². The van der Waals surface area contributed by atoms with Crippen LogP contribution in [0.1, 0.15) is 43.3 Å². The van der Waals surface area contributed by atoms with Gasteiger partial charge in [0.05, 0.1) is 22.8 Å². The molecule has 0 aliphatic carbocycles. The van der Waals surface area contributed by atoms with Crippen LogP contribution in [-0.2, 0) is 6.54 Å². The summed E-state index contributed by atoms with van der Waals surface area (Å²) < 4.78 is 3.22. The Hall–Kier alpha value is -2.73. The Morgan fingerprint density at radius 3 is 2.50 bits per heavy atom. The largest absolute Gasteiger partial charge is 0.379 e. The van der Waals surface area contributed by atoms with Crippen molar-refractivity contribution in [2.24, 2.45) is 5.92 Å². The highest BCUT2D eigenvalue weighted by molar-refractivity contribution is 7.18. The second-order valence-corrected chi connectivity index (χ2v) is 8.06. The van der Waals surface area contributed by atoms with Gasteiger partial charge in [-0.2, -0.15) is 5.10 Å². The molecule has 0 bridgehead atoms. The smallest absolute Gasteiger partial charge is 0.137 e. The van der Waals surface area contributed by atoms with E-state index in [4.69, 9.17) is 4.98 Å². The van der Waals surface area contributed by atoms with Gasteiger partial charge in [-0.05, 0) is 35.7 Å². The number of fused-ring (bicyclic) bond motifs is 1. The molecule has 0 saturated carbocycles. The first-order chi connectivity index (χ1) is 13.8. The molecule has 0 saturated heterocycles. The van der Waals surface area contributed by atoms with Gasteiger partial charge >= 0.3 is 0 Å². The fraction of sp³-hybridized carbons (Fsp3) is 0.318. The number of nitrogens with zero attached hydrogens (tertiary/aromatic N) is 4. The Bertz CT molecular complexity index is 970. The Kier molecular flexibility index (Phi) is 5.67. The zero-order valence-corrected chi connectivity index (χ0v) is 17.1. The SMILES string of the molecule is CCC(CC)C(c1ccc(NCc2nc3ccccc3s2)cc1)n1cncn1. The zero-order valence-electron chi connectivity index (χ0n) is 16.2. The molecule has 6 heteroatoms. The van der Waals surface area contributed by atoms with Crippen LogP contribution in [0.4, 0.5) is 5.69 Å². The van der Waals surface area contributed by atoms with E-state index in [0.29, 0.717) is 5.92 Å². The van der Waals surface area contributed by atoms with E-state index in [9.17, 15) is 0 Å². The third-order valence-electron chi connectivity index (χ3n) is 5.25. The predicted octanol–water partition coefficient (Wildman–Crippen LogP) is 5.53. The van der Waals surface area contributed by atoms with E-state index in [1.54, 1.807) is 17.7 Å². The number of anilines is 1. The fourth-order valence-electron chi connectivity index (χ4n) is 3.71. The van der Waals surface area contributed by atoms with Crippen LogP contribution in [0.5, 0.6) is 0 Å². The maximum atomic E-state index is 4.69. The molecule has 28 heavy (non-hydrogen) atoms. The van der Waals surface area contributed by atoms with E-state index in [0.717, 1.165) is 35.6 Å². The van der Waals surface area contributed by atoms with Gasteiger partial charge in [0.2, 0.25) is 0 Å². The lowest BCUT2D eigenvalue weighted by Gasteiger charge is -2.26. The number of hydrogen-bond donors (Lipinski definition) is 1. The zero-order chi connectivity index (χ0) is 19.3. The van der Waals surface area contributed by atoms with E-state index < -0.39 is 0 Å². The number of benzene rings is 2. The highest BCUT2D eigenvalue weighted by Gasteiger charge is 2.23. The van der Waals surface area contributed by atoms with Gasteiger partial charge < -0.3 is 5.32 Å². The van der Waals surface area contributed by atoms with Crippen molar-refractivity contribution in [1.29, 1.82) is 0 Å². The average Bonchev–Trinajstić information content (AvgIpc) is 3.40. The minimum atomic E-state index is 0.218. The molecule has 0 aliphatic heterocycles. The summed E-state index contributed by atoms with van der Waals surface area (Å²) >= 11 is 1.74. The number of nitrogens with one attached hydrogen (secondary N) is 1. The molecule has 0 fully saturated rings. The summed E-state index contributed by atoms with van der Waals surface area (Å²) in [7, 11) is 0. The van der Waals surface area contributed by atoms with Gasteiger partial charge in [-0.1, -0.05) is 51.0 Å².